The number of hydrogen-bond donors (Lipinski definition) is 0. The van der Waals surface area contributed by atoms with E-state index in [1.807, 2.05) is 68.5 Å². The molecule has 0 radical (unpaired) electrons. The van der Waals surface area contributed by atoms with Gasteiger partial charge in [0.1, 0.15) is 18.4 Å². The maximum absolute atomic E-state index is 14.3. The molecule has 10 heteroatoms. The Bertz CT molecular complexity index is 1870. The van der Waals surface area contributed by atoms with Crippen LogP contribution < -0.4 is 29.1 Å². The molecule has 1 aliphatic rings. The third-order valence-corrected chi connectivity index (χ3v) is 8.06. The van der Waals surface area contributed by atoms with Crippen molar-refractivity contribution in [2.45, 2.75) is 26.8 Å². The van der Waals surface area contributed by atoms with Gasteiger partial charge < -0.3 is 23.7 Å². The number of allylic oxidation sites excluding steroid dienone is 1. The largest absolute Gasteiger partial charge is 0.493 e. The summed E-state index contributed by atoms with van der Waals surface area (Å²) in [5.74, 6) is 1.14. The SMILES string of the molecule is CCOc1c(OC)cccc1[C@H]1C(C(=O)OCCOC)=C(C)N=c2s/c(=C/c3ccc(OCC)c4ccccc34)c(=O)n21. The van der Waals surface area contributed by atoms with Crippen LogP contribution in [0.2, 0.25) is 0 Å². The van der Waals surface area contributed by atoms with Gasteiger partial charge in [0.25, 0.3) is 5.56 Å². The number of methoxy groups -OCH3 is 2. The summed E-state index contributed by atoms with van der Waals surface area (Å²) in [7, 11) is 3.08. The fourth-order valence-corrected chi connectivity index (χ4v) is 6.26. The zero-order valence-corrected chi connectivity index (χ0v) is 25.7. The second kappa shape index (κ2) is 13.3. The molecule has 3 aromatic carbocycles. The smallest absolute Gasteiger partial charge is 0.338 e. The van der Waals surface area contributed by atoms with Gasteiger partial charge in [0.15, 0.2) is 16.3 Å². The molecule has 5 rings (SSSR count). The molecule has 1 aliphatic heterocycles. The summed E-state index contributed by atoms with van der Waals surface area (Å²) >= 11 is 1.27. The van der Waals surface area contributed by atoms with Crippen LogP contribution >= 0.6 is 11.3 Å². The van der Waals surface area contributed by atoms with E-state index in [4.69, 9.17) is 28.7 Å². The van der Waals surface area contributed by atoms with Gasteiger partial charge in [-0.05, 0) is 49.9 Å². The van der Waals surface area contributed by atoms with E-state index < -0.39 is 12.0 Å². The van der Waals surface area contributed by atoms with Gasteiger partial charge in [-0.25, -0.2) is 9.79 Å². The van der Waals surface area contributed by atoms with Crippen molar-refractivity contribution in [2.24, 2.45) is 4.99 Å². The van der Waals surface area contributed by atoms with Gasteiger partial charge in [-0.15, -0.1) is 0 Å². The Hall–Kier alpha value is -4.41. The average Bonchev–Trinajstić information content (AvgIpc) is 3.32. The van der Waals surface area contributed by atoms with E-state index in [2.05, 4.69) is 0 Å². The second-order valence-corrected chi connectivity index (χ2v) is 10.7. The summed E-state index contributed by atoms with van der Waals surface area (Å²) in [6.45, 7) is 6.76. The molecule has 0 bridgehead atoms. The fraction of sp³-hybridized carbons (Fsp3) is 0.303. The highest BCUT2D eigenvalue weighted by Crippen LogP contribution is 2.41. The van der Waals surface area contributed by atoms with Crippen LogP contribution in [0.5, 0.6) is 17.2 Å². The van der Waals surface area contributed by atoms with E-state index in [0.717, 1.165) is 22.1 Å². The van der Waals surface area contributed by atoms with Crippen LogP contribution in [0, 0.1) is 0 Å². The van der Waals surface area contributed by atoms with Gasteiger partial charge in [0.05, 0.1) is 42.7 Å². The Kier molecular flexibility index (Phi) is 9.27. The molecule has 0 unspecified atom stereocenters. The predicted octanol–water partition coefficient (Wildman–Crippen LogP) is 4.38. The summed E-state index contributed by atoms with van der Waals surface area (Å²) in [5, 5.41) is 1.92. The average molecular weight is 603 g/mol. The molecule has 0 fully saturated rings. The lowest BCUT2D eigenvalue weighted by atomic mass is 9.94. The highest BCUT2D eigenvalue weighted by Gasteiger charge is 2.36. The molecule has 2 heterocycles. The number of carbonyl (C=O) groups excluding carboxylic acids is 1. The molecular weight excluding hydrogens is 568 g/mol. The molecular formula is C33H34N2O7S. The number of para-hydroxylation sites is 1. The van der Waals surface area contributed by atoms with Gasteiger partial charge in [-0.3, -0.25) is 9.36 Å². The van der Waals surface area contributed by atoms with E-state index in [1.165, 1.54) is 18.4 Å². The molecule has 4 aromatic rings. The Morgan fingerprint density at radius 2 is 1.72 bits per heavy atom. The quantitative estimate of drug-likeness (QED) is 0.186. The van der Waals surface area contributed by atoms with Crippen LogP contribution in [0.1, 0.15) is 37.9 Å². The number of carbonyl (C=O) groups is 1. The first-order valence-corrected chi connectivity index (χ1v) is 14.9. The highest BCUT2D eigenvalue weighted by atomic mass is 32.1. The predicted molar refractivity (Wildman–Crippen MR) is 166 cm³/mol. The summed E-state index contributed by atoms with van der Waals surface area (Å²) in [6, 6.07) is 16.3. The number of hydrogen-bond acceptors (Lipinski definition) is 9. The first-order chi connectivity index (χ1) is 20.9. The fourth-order valence-electron chi connectivity index (χ4n) is 5.22. The minimum Gasteiger partial charge on any atom is -0.493 e. The molecule has 0 aliphatic carbocycles. The molecule has 43 heavy (non-hydrogen) atoms. The number of rotatable bonds is 11. The van der Waals surface area contributed by atoms with Crippen molar-refractivity contribution in [3.05, 3.63) is 96.7 Å². The lowest BCUT2D eigenvalue weighted by Gasteiger charge is -2.27. The lowest BCUT2D eigenvalue weighted by Crippen LogP contribution is -2.40. The third-order valence-electron chi connectivity index (χ3n) is 7.08. The van der Waals surface area contributed by atoms with Crippen LogP contribution in [-0.4, -0.2) is 51.2 Å². The normalized spacial score (nSPS) is 14.8. The number of benzene rings is 3. The molecule has 1 atom stereocenters. The first kappa shape index (κ1) is 30.1. The summed E-state index contributed by atoms with van der Waals surface area (Å²) in [4.78, 5) is 33.0. The number of ether oxygens (including phenoxy) is 5. The van der Waals surface area contributed by atoms with Gasteiger partial charge in [0, 0.05) is 18.1 Å². The number of aromatic nitrogens is 1. The van der Waals surface area contributed by atoms with Crippen LogP contribution in [0.4, 0.5) is 0 Å². The van der Waals surface area contributed by atoms with E-state index in [1.54, 1.807) is 24.7 Å². The van der Waals surface area contributed by atoms with E-state index in [-0.39, 0.29) is 24.3 Å². The number of esters is 1. The topological polar surface area (TPSA) is 97.6 Å². The Morgan fingerprint density at radius 3 is 2.44 bits per heavy atom. The van der Waals surface area contributed by atoms with Crippen molar-refractivity contribution in [3.63, 3.8) is 0 Å². The van der Waals surface area contributed by atoms with Crippen molar-refractivity contribution >= 4 is 34.2 Å². The van der Waals surface area contributed by atoms with Crippen LogP contribution in [0.15, 0.2) is 75.7 Å². The zero-order chi connectivity index (χ0) is 30.5. The summed E-state index contributed by atoms with van der Waals surface area (Å²) in [5.41, 5.74) is 1.87. The van der Waals surface area contributed by atoms with Crippen molar-refractivity contribution < 1.29 is 28.5 Å². The molecule has 224 valence electrons. The maximum atomic E-state index is 14.3. The highest BCUT2D eigenvalue weighted by molar-refractivity contribution is 7.07. The second-order valence-electron chi connectivity index (χ2n) is 9.65. The number of thiazole rings is 1. The Morgan fingerprint density at radius 1 is 0.953 bits per heavy atom. The number of nitrogens with zero attached hydrogens (tertiary/aromatic N) is 2. The standard InChI is InChI=1S/C33H34N2O7S/c1-6-40-25-16-15-21(22-11-8-9-12-23(22)25)19-27-31(36)35-29(24-13-10-14-26(39-5)30(24)41-7-2)28(20(3)34-33(35)43-27)32(37)42-18-17-38-4/h8-16,19,29H,6-7,17-18H2,1-5H3/b27-19+/t29-/m0/s1. The third kappa shape index (κ3) is 5.80. The summed E-state index contributed by atoms with van der Waals surface area (Å²) < 4.78 is 30.1. The summed E-state index contributed by atoms with van der Waals surface area (Å²) in [6.07, 6.45) is 1.86. The van der Waals surface area contributed by atoms with Crippen molar-refractivity contribution in [1.29, 1.82) is 0 Å². The number of fused-ring (bicyclic) bond motifs is 2. The van der Waals surface area contributed by atoms with Gasteiger partial charge in [-0.2, -0.15) is 0 Å². The van der Waals surface area contributed by atoms with Gasteiger partial charge >= 0.3 is 5.97 Å². The van der Waals surface area contributed by atoms with Crippen molar-refractivity contribution in [1.82, 2.24) is 4.57 Å². The monoisotopic (exact) mass is 602 g/mol. The van der Waals surface area contributed by atoms with Crippen LogP contribution in [-0.2, 0) is 14.3 Å². The Labute approximate surface area is 253 Å². The zero-order valence-electron chi connectivity index (χ0n) is 24.8. The van der Waals surface area contributed by atoms with Gasteiger partial charge in [0.2, 0.25) is 0 Å². The molecule has 0 spiro atoms. The van der Waals surface area contributed by atoms with E-state index in [0.29, 0.717) is 45.3 Å². The molecule has 0 N–H and O–H groups in total. The molecule has 9 nitrogen and oxygen atoms in total. The molecule has 0 saturated carbocycles. The molecule has 0 amide bonds. The maximum Gasteiger partial charge on any atom is 0.338 e. The first-order valence-electron chi connectivity index (χ1n) is 14.1. The van der Waals surface area contributed by atoms with Crippen molar-refractivity contribution in [2.75, 3.05) is 40.6 Å². The minimum absolute atomic E-state index is 0.0600. The van der Waals surface area contributed by atoms with Crippen molar-refractivity contribution in [3.8, 4) is 17.2 Å². The van der Waals surface area contributed by atoms with Gasteiger partial charge in [-0.1, -0.05) is 53.8 Å². The van der Waals surface area contributed by atoms with Crippen LogP contribution in [0.25, 0.3) is 16.8 Å². The van der Waals surface area contributed by atoms with Crippen LogP contribution in [0.3, 0.4) is 0 Å². The minimum atomic E-state index is -0.859. The Balaban J connectivity index is 1.74. The molecule has 1 aromatic heterocycles. The van der Waals surface area contributed by atoms with E-state index in [9.17, 15) is 9.59 Å². The molecule has 0 saturated heterocycles. The van der Waals surface area contributed by atoms with E-state index >= 15 is 0 Å². The lowest BCUT2D eigenvalue weighted by molar-refractivity contribution is -0.140.